The van der Waals surface area contributed by atoms with Crippen molar-refractivity contribution in [3.8, 4) is 0 Å². The molecule has 0 radical (unpaired) electrons. The molecule has 0 saturated carbocycles. The summed E-state index contributed by atoms with van der Waals surface area (Å²) in [5.74, 6) is 0.778. The summed E-state index contributed by atoms with van der Waals surface area (Å²) in [6, 6.07) is 1.86. The molecule has 0 spiro atoms. The molecule has 0 bridgehead atoms. The lowest BCUT2D eigenvalue weighted by Gasteiger charge is -2.24. The van der Waals surface area contributed by atoms with E-state index in [4.69, 9.17) is 4.74 Å². The number of ketones is 1. The van der Waals surface area contributed by atoms with Crippen molar-refractivity contribution in [2.45, 2.75) is 5.25 Å². The number of hydrogen-bond acceptors (Lipinski definition) is 3. The third-order valence-electron chi connectivity index (χ3n) is 2.21. The fourth-order valence-corrected chi connectivity index (χ4v) is 2.19. The first-order valence-corrected chi connectivity index (χ1v) is 5.65. The molecule has 14 heavy (non-hydrogen) atoms. The summed E-state index contributed by atoms with van der Waals surface area (Å²) in [6.07, 6.45) is 3.75. The van der Waals surface area contributed by atoms with Crippen LogP contribution in [0.4, 0.5) is 0 Å². The molecule has 0 N–H and O–H groups in total. The Morgan fingerprint density at radius 2 is 2.50 bits per heavy atom. The summed E-state index contributed by atoms with van der Waals surface area (Å²) in [4.78, 5) is 11.6. The standard InChI is InChI=1S/C10H13NO2S/c1-11-3-2-8(4-11)10(12)7-14-9-5-13-6-9/h2-4,9H,5-7H2,1H3. The lowest BCUT2D eigenvalue weighted by atomic mass is 10.2. The van der Waals surface area contributed by atoms with Gasteiger partial charge in [0.2, 0.25) is 0 Å². The van der Waals surface area contributed by atoms with Crippen molar-refractivity contribution in [1.29, 1.82) is 0 Å². The van der Waals surface area contributed by atoms with E-state index < -0.39 is 0 Å². The van der Waals surface area contributed by atoms with Crippen LogP contribution in [0.5, 0.6) is 0 Å². The molecule has 0 aromatic carbocycles. The highest BCUT2D eigenvalue weighted by molar-refractivity contribution is 8.00. The predicted octanol–water partition coefficient (Wildman–Crippen LogP) is 1.34. The van der Waals surface area contributed by atoms with Gasteiger partial charge in [0.1, 0.15) is 0 Å². The van der Waals surface area contributed by atoms with Crippen molar-refractivity contribution < 1.29 is 9.53 Å². The molecule has 1 aromatic rings. The van der Waals surface area contributed by atoms with Crippen LogP contribution in [-0.4, -0.2) is 34.6 Å². The SMILES string of the molecule is Cn1ccc(C(=O)CSC2COC2)c1. The molecule has 3 nitrogen and oxygen atoms in total. The maximum atomic E-state index is 11.6. The Balaban J connectivity index is 1.82. The minimum atomic E-state index is 0.211. The smallest absolute Gasteiger partial charge is 0.174 e. The van der Waals surface area contributed by atoms with Gasteiger partial charge in [-0.1, -0.05) is 0 Å². The average Bonchev–Trinajstić information content (AvgIpc) is 2.49. The molecule has 0 aliphatic carbocycles. The third-order valence-corrected chi connectivity index (χ3v) is 3.38. The van der Waals surface area contributed by atoms with Crippen molar-refractivity contribution in [1.82, 2.24) is 4.57 Å². The van der Waals surface area contributed by atoms with Gasteiger partial charge < -0.3 is 9.30 Å². The van der Waals surface area contributed by atoms with E-state index >= 15 is 0 Å². The molecule has 1 saturated heterocycles. The number of nitrogens with zero attached hydrogens (tertiary/aromatic N) is 1. The van der Waals surface area contributed by atoms with Crippen LogP contribution < -0.4 is 0 Å². The zero-order valence-corrected chi connectivity index (χ0v) is 8.92. The summed E-state index contributed by atoms with van der Waals surface area (Å²) in [6.45, 7) is 1.60. The Morgan fingerprint density at radius 3 is 3.00 bits per heavy atom. The van der Waals surface area contributed by atoms with Gasteiger partial charge in [-0.05, 0) is 6.07 Å². The predicted molar refractivity (Wildman–Crippen MR) is 56.8 cm³/mol. The molecular weight excluding hydrogens is 198 g/mol. The van der Waals surface area contributed by atoms with Crippen LogP contribution in [0.3, 0.4) is 0 Å². The van der Waals surface area contributed by atoms with Gasteiger partial charge in [-0.15, -0.1) is 11.8 Å². The zero-order valence-electron chi connectivity index (χ0n) is 8.10. The van der Waals surface area contributed by atoms with Gasteiger partial charge in [0.05, 0.1) is 24.2 Å². The molecule has 0 unspecified atom stereocenters. The maximum absolute atomic E-state index is 11.6. The highest BCUT2D eigenvalue weighted by atomic mass is 32.2. The van der Waals surface area contributed by atoms with E-state index in [0.717, 1.165) is 18.8 Å². The van der Waals surface area contributed by atoms with E-state index in [1.54, 1.807) is 11.8 Å². The Labute approximate surface area is 87.4 Å². The summed E-state index contributed by atoms with van der Waals surface area (Å²) in [5, 5.41) is 0.530. The Kier molecular flexibility index (Phi) is 2.93. The van der Waals surface area contributed by atoms with Crippen molar-refractivity contribution in [3.05, 3.63) is 24.0 Å². The Morgan fingerprint density at radius 1 is 1.71 bits per heavy atom. The van der Waals surface area contributed by atoms with Crippen LogP contribution in [0.15, 0.2) is 18.5 Å². The molecule has 1 fully saturated rings. The van der Waals surface area contributed by atoms with Gasteiger partial charge in [0, 0.05) is 25.0 Å². The number of ether oxygens (including phenoxy) is 1. The molecule has 76 valence electrons. The monoisotopic (exact) mass is 211 g/mol. The van der Waals surface area contributed by atoms with Gasteiger partial charge in [-0.25, -0.2) is 0 Å². The molecule has 1 aliphatic heterocycles. The fourth-order valence-electron chi connectivity index (χ4n) is 1.26. The van der Waals surface area contributed by atoms with Gasteiger partial charge in [-0.3, -0.25) is 4.79 Å². The second-order valence-corrected chi connectivity index (χ2v) is 4.75. The van der Waals surface area contributed by atoms with Crippen LogP contribution in [0.1, 0.15) is 10.4 Å². The Bertz CT molecular complexity index is 331. The van der Waals surface area contributed by atoms with E-state index in [2.05, 4.69) is 0 Å². The molecule has 1 aromatic heterocycles. The van der Waals surface area contributed by atoms with Crippen molar-refractivity contribution in [2.24, 2.45) is 7.05 Å². The minimum absolute atomic E-state index is 0.211. The molecule has 2 heterocycles. The van der Waals surface area contributed by atoms with Gasteiger partial charge in [-0.2, -0.15) is 0 Å². The van der Waals surface area contributed by atoms with Gasteiger partial charge in [0.15, 0.2) is 5.78 Å². The first-order chi connectivity index (χ1) is 6.75. The van der Waals surface area contributed by atoms with Crippen LogP contribution in [0, 0.1) is 0 Å². The van der Waals surface area contributed by atoms with E-state index in [1.807, 2.05) is 30.1 Å². The normalized spacial score (nSPS) is 16.6. The van der Waals surface area contributed by atoms with Gasteiger partial charge in [0.25, 0.3) is 0 Å². The van der Waals surface area contributed by atoms with Crippen molar-refractivity contribution in [3.63, 3.8) is 0 Å². The van der Waals surface area contributed by atoms with Crippen LogP contribution in [-0.2, 0) is 11.8 Å². The number of carbonyl (C=O) groups excluding carboxylic acids is 1. The van der Waals surface area contributed by atoms with E-state index in [1.165, 1.54) is 0 Å². The zero-order chi connectivity index (χ0) is 9.97. The number of rotatable bonds is 4. The van der Waals surface area contributed by atoms with Crippen LogP contribution >= 0.6 is 11.8 Å². The molecule has 0 amide bonds. The van der Waals surface area contributed by atoms with E-state index in [0.29, 0.717) is 11.0 Å². The molecule has 1 aliphatic rings. The van der Waals surface area contributed by atoms with E-state index in [9.17, 15) is 4.79 Å². The number of hydrogen-bond donors (Lipinski definition) is 0. The summed E-state index contributed by atoms with van der Waals surface area (Å²) < 4.78 is 6.93. The summed E-state index contributed by atoms with van der Waals surface area (Å²) >= 11 is 1.69. The minimum Gasteiger partial charge on any atom is -0.379 e. The molecule has 0 atom stereocenters. The van der Waals surface area contributed by atoms with Crippen molar-refractivity contribution in [2.75, 3.05) is 19.0 Å². The lowest BCUT2D eigenvalue weighted by molar-refractivity contribution is 0.0455. The Hall–Kier alpha value is -0.740. The highest BCUT2D eigenvalue weighted by Gasteiger charge is 2.20. The highest BCUT2D eigenvalue weighted by Crippen LogP contribution is 2.20. The first kappa shape index (κ1) is 9.80. The summed E-state index contributed by atoms with van der Waals surface area (Å²) in [5.41, 5.74) is 0.806. The number of thioether (sulfide) groups is 1. The van der Waals surface area contributed by atoms with Crippen LogP contribution in [0.2, 0.25) is 0 Å². The summed E-state index contributed by atoms with van der Waals surface area (Å²) in [7, 11) is 1.92. The quantitative estimate of drug-likeness (QED) is 0.704. The third kappa shape index (κ3) is 2.19. The molecular formula is C10H13NO2S. The van der Waals surface area contributed by atoms with Gasteiger partial charge >= 0.3 is 0 Å². The first-order valence-electron chi connectivity index (χ1n) is 4.60. The maximum Gasteiger partial charge on any atom is 0.174 e. The fraction of sp³-hybridized carbons (Fsp3) is 0.500. The van der Waals surface area contributed by atoms with Crippen LogP contribution in [0.25, 0.3) is 0 Å². The second-order valence-electron chi connectivity index (χ2n) is 3.46. The number of Topliss-reactive ketones (excluding diaryl/α,β-unsaturated/α-hetero) is 1. The molecule has 4 heteroatoms. The average molecular weight is 211 g/mol. The lowest BCUT2D eigenvalue weighted by Crippen LogP contribution is -2.31. The topological polar surface area (TPSA) is 31.2 Å². The van der Waals surface area contributed by atoms with E-state index in [-0.39, 0.29) is 5.78 Å². The molecule has 2 rings (SSSR count). The number of aryl methyl sites for hydroxylation is 1. The number of carbonyl (C=O) groups is 1. The largest absolute Gasteiger partial charge is 0.379 e. The second kappa shape index (κ2) is 4.19. The number of aromatic nitrogens is 1. The van der Waals surface area contributed by atoms with Crippen molar-refractivity contribution >= 4 is 17.5 Å².